The highest BCUT2D eigenvalue weighted by molar-refractivity contribution is 8.27. The summed E-state index contributed by atoms with van der Waals surface area (Å²) >= 11 is 6.80. The van der Waals surface area contributed by atoms with Gasteiger partial charge in [0.2, 0.25) is 0 Å². The maximum Gasteiger partial charge on any atom is 0.296 e. The standard InChI is InChI=1S/C35H34N6O3S2/c1-22-27(31(37(3)32(42)28(22)21-36)39-17-15-25(16-18-39)19-24-11-7-5-8-12-24)20-29-33(43)40(35(45)46-29)30-23(2)38(4)41(34(30)44)26-13-9-6-10-14-26/h5-14,20,25H,15-19H2,1-4H3/b29-20-. The number of rotatable bonds is 6. The number of nitriles is 1. The molecule has 9 nitrogen and oxygen atoms in total. The van der Waals surface area contributed by atoms with Crippen molar-refractivity contribution in [2.45, 2.75) is 33.1 Å². The van der Waals surface area contributed by atoms with E-state index in [-0.39, 0.29) is 26.7 Å². The molecule has 0 atom stereocenters. The van der Waals surface area contributed by atoms with Gasteiger partial charge in [-0.3, -0.25) is 28.5 Å². The number of anilines is 2. The Hall–Kier alpha value is -4.66. The van der Waals surface area contributed by atoms with Crippen molar-refractivity contribution < 1.29 is 4.79 Å². The van der Waals surface area contributed by atoms with Crippen LogP contribution in [0, 0.1) is 31.1 Å². The first-order valence-electron chi connectivity index (χ1n) is 15.2. The van der Waals surface area contributed by atoms with Gasteiger partial charge in [-0.05, 0) is 68.4 Å². The van der Waals surface area contributed by atoms with Crippen molar-refractivity contribution in [3.8, 4) is 11.8 Å². The number of benzene rings is 2. The summed E-state index contributed by atoms with van der Waals surface area (Å²) in [5.41, 5.74) is 3.24. The lowest BCUT2D eigenvalue weighted by atomic mass is 9.90. The second kappa shape index (κ2) is 12.6. The number of hydrogen-bond acceptors (Lipinski definition) is 7. The summed E-state index contributed by atoms with van der Waals surface area (Å²) in [6.45, 7) is 5.01. The first-order valence-corrected chi connectivity index (χ1v) is 16.4. The third kappa shape index (κ3) is 5.42. The molecule has 0 bridgehead atoms. The summed E-state index contributed by atoms with van der Waals surface area (Å²) in [7, 11) is 3.45. The fourth-order valence-corrected chi connectivity index (χ4v) is 7.75. The van der Waals surface area contributed by atoms with Crippen LogP contribution in [-0.2, 0) is 25.3 Å². The van der Waals surface area contributed by atoms with E-state index in [9.17, 15) is 19.6 Å². The minimum atomic E-state index is -0.416. The number of thioether (sulfide) groups is 1. The number of hydrogen-bond donors (Lipinski definition) is 0. The number of para-hydroxylation sites is 1. The van der Waals surface area contributed by atoms with E-state index in [0.29, 0.717) is 39.1 Å². The van der Waals surface area contributed by atoms with E-state index in [0.717, 1.165) is 44.1 Å². The summed E-state index contributed by atoms with van der Waals surface area (Å²) in [6.07, 6.45) is 4.63. The molecule has 0 unspecified atom stereocenters. The minimum Gasteiger partial charge on any atom is -0.357 e. The first-order chi connectivity index (χ1) is 22.1. The predicted molar refractivity (Wildman–Crippen MR) is 188 cm³/mol. The first kappa shape index (κ1) is 31.3. The Kier molecular flexibility index (Phi) is 8.59. The monoisotopic (exact) mass is 650 g/mol. The number of aromatic nitrogens is 3. The van der Waals surface area contributed by atoms with Crippen molar-refractivity contribution in [2.24, 2.45) is 20.0 Å². The average molecular weight is 651 g/mol. The molecule has 0 N–H and O–H groups in total. The zero-order valence-corrected chi connectivity index (χ0v) is 27.8. The average Bonchev–Trinajstić information content (AvgIpc) is 3.45. The molecule has 2 aliphatic rings. The molecule has 46 heavy (non-hydrogen) atoms. The molecule has 4 aromatic rings. The van der Waals surface area contributed by atoms with E-state index in [1.807, 2.05) is 36.4 Å². The highest BCUT2D eigenvalue weighted by Gasteiger charge is 2.38. The Morgan fingerprint density at radius 3 is 2.22 bits per heavy atom. The fourth-order valence-electron chi connectivity index (χ4n) is 6.49. The number of pyridine rings is 1. The lowest BCUT2D eigenvalue weighted by molar-refractivity contribution is -0.113. The summed E-state index contributed by atoms with van der Waals surface area (Å²) < 4.78 is 5.00. The van der Waals surface area contributed by atoms with Crippen LogP contribution in [0.5, 0.6) is 0 Å². The van der Waals surface area contributed by atoms with Gasteiger partial charge in [-0.2, -0.15) is 5.26 Å². The third-order valence-corrected chi connectivity index (χ3v) is 10.4. The van der Waals surface area contributed by atoms with Gasteiger partial charge in [0.15, 0.2) is 4.32 Å². The summed E-state index contributed by atoms with van der Waals surface area (Å²) in [4.78, 5) is 44.9. The second-order valence-corrected chi connectivity index (χ2v) is 13.4. The van der Waals surface area contributed by atoms with E-state index in [4.69, 9.17) is 12.2 Å². The molecule has 0 saturated carbocycles. The van der Waals surface area contributed by atoms with Crippen molar-refractivity contribution in [1.82, 2.24) is 13.9 Å². The van der Waals surface area contributed by atoms with Crippen LogP contribution in [-0.4, -0.2) is 37.2 Å². The van der Waals surface area contributed by atoms with Crippen LogP contribution >= 0.6 is 24.0 Å². The topological polar surface area (TPSA) is 96.3 Å². The van der Waals surface area contributed by atoms with Crippen LogP contribution in [0.3, 0.4) is 0 Å². The lowest BCUT2D eigenvalue weighted by Gasteiger charge is -2.36. The normalized spacial score (nSPS) is 16.5. The van der Waals surface area contributed by atoms with Crippen molar-refractivity contribution >= 4 is 51.8 Å². The molecule has 6 rings (SSSR count). The zero-order valence-electron chi connectivity index (χ0n) is 26.2. The molecule has 1 amide bonds. The number of carbonyl (C=O) groups excluding carboxylic acids is 1. The zero-order chi connectivity index (χ0) is 32.7. The Morgan fingerprint density at radius 2 is 1.59 bits per heavy atom. The van der Waals surface area contributed by atoms with Crippen LogP contribution in [0.25, 0.3) is 11.8 Å². The second-order valence-electron chi connectivity index (χ2n) is 11.8. The molecule has 234 valence electrons. The summed E-state index contributed by atoms with van der Waals surface area (Å²) in [5, 5.41) is 9.92. The third-order valence-electron chi connectivity index (χ3n) is 9.07. The Balaban J connectivity index is 1.37. The molecule has 2 aliphatic heterocycles. The highest BCUT2D eigenvalue weighted by atomic mass is 32.2. The van der Waals surface area contributed by atoms with E-state index in [1.165, 1.54) is 19.7 Å². The van der Waals surface area contributed by atoms with E-state index in [1.54, 1.807) is 38.7 Å². The van der Waals surface area contributed by atoms with Gasteiger partial charge in [0.25, 0.3) is 17.0 Å². The van der Waals surface area contributed by atoms with Crippen LogP contribution in [0.4, 0.5) is 11.5 Å². The van der Waals surface area contributed by atoms with Gasteiger partial charge in [0, 0.05) is 32.7 Å². The summed E-state index contributed by atoms with van der Waals surface area (Å²) in [5.74, 6) is 0.774. The van der Waals surface area contributed by atoms with Gasteiger partial charge < -0.3 is 4.90 Å². The SMILES string of the molecule is Cc1c(/C=C2\SC(=S)N(c3c(C)n(C)n(-c4ccccc4)c3=O)C2=O)c(N2CCC(Cc3ccccc3)CC2)n(C)c(=O)c1C#N. The molecule has 2 aromatic heterocycles. The van der Waals surface area contributed by atoms with Crippen molar-refractivity contribution in [3.63, 3.8) is 0 Å². The Labute approximate surface area is 277 Å². The molecule has 2 aromatic carbocycles. The maximum absolute atomic E-state index is 14.0. The van der Waals surface area contributed by atoms with E-state index in [2.05, 4.69) is 35.2 Å². The molecular formula is C35H34N6O3S2. The van der Waals surface area contributed by atoms with Gasteiger partial charge >= 0.3 is 0 Å². The maximum atomic E-state index is 14.0. The molecule has 0 aliphatic carbocycles. The Morgan fingerprint density at radius 1 is 0.957 bits per heavy atom. The van der Waals surface area contributed by atoms with Gasteiger partial charge in [-0.15, -0.1) is 0 Å². The van der Waals surface area contributed by atoms with Crippen molar-refractivity contribution in [1.29, 1.82) is 5.26 Å². The predicted octanol–water partition coefficient (Wildman–Crippen LogP) is 5.23. The van der Waals surface area contributed by atoms with Gasteiger partial charge in [-0.1, -0.05) is 72.5 Å². The van der Waals surface area contributed by atoms with E-state index < -0.39 is 5.91 Å². The molecule has 2 saturated heterocycles. The van der Waals surface area contributed by atoms with Gasteiger partial charge in [-0.25, -0.2) is 4.68 Å². The largest absolute Gasteiger partial charge is 0.357 e. The van der Waals surface area contributed by atoms with Crippen molar-refractivity contribution in [2.75, 3.05) is 22.9 Å². The quantitative estimate of drug-likeness (QED) is 0.208. The van der Waals surface area contributed by atoms with Crippen LogP contribution in [0.15, 0.2) is 75.2 Å². The number of piperidine rings is 1. The molecule has 0 spiro atoms. The smallest absolute Gasteiger partial charge is 0.296 e. The molecule has 4 heterocycles. The van der Waals surface area contributed by atoms with Gasteiger partial charge in [0.1, 0.15) is 23.1 Å². The lowest BCUT2D eigenvalue weighted by Crippen LogP contribution is -2.39. The van der Waals surface area contributed by atoms with Crippen LogP contribution in [0.1, 0.15) is 40.8 Å². The Bertz CT molecular complexity index is 2050. The molecule has 0 radical (unpaired) electrons. The van der Waals surface area contributed by atoms with Crippen LogP contribution < -0.4 is 20.9 Å². The molecule has 11 heteroatoms. The highest BCUT2D eigenvalue weighted by Crippen LogP contribution is 2.39. The number of carbonyl (C=O) groups is 1. The summed E-state index contributed by atoms with van der Waals surface area (Å²) in [6, 6.07) is 21.8. The van der Waals surface area contributed by atoms with E-state index >= 15 is 0 Å². The number of nitrogens with zero attached hydrogens (tertiary/aromatic N) is 6. The molecular weight excluding hydrogens is 617 g/mol. The minimum absolute atomic E-state index is 0.0385. The number of amides is 1. The molecule has 2 fully saturated rings. The van der Waals surface area contributed by atoms with Gasteiger partial charge in [0.05, 0.1) is 16.3 Å². The van der Waals surface area contributed by atoms with Crippen molar-refractivity contribution in [3.05, 3.63) is 114 Å². The fraction of sp³-hybridized carbons (Fsp3) is 0.286. The number of thiocarbonyl (C=S) groups is 1. The van der Waals surface area contributed by atoms with Crippen LogP contribution in [0.2, 0.25) is 0 Å².